The number of hydrazone groups is 1. The van der Waals surface area contributed by atoms with Gasteiger partial charge in [-0.15, -0.1) is 0 Å². The highest BCUT2D eigenvalue weighted by atomic mass is 35.5. The van der Waals surface area contributed by atoms with Crippen molar-refractivity contribution in [2.75, 3.05) is 5.32 Å². The molecule has 3 aromatic carbocycles. The van der Waals surface area contributed by atoms with E-state index in [2.05, 4.69) is 15.8 Å². The second-order valence-corrected chi connectivity index (χ2v) is 7.09. The van der Waals surface area contributed by atoms with E-state index in [0.717, 1.165) is 17.5 Å². The van der Waals surface area contributed by atoms with Crippen LogP contribution < -0.4 is 15.5 Å². The second-order valence-electron chi connectivity index (χ2n) is 6.65. The minimum absolute atomic E-state index is 0.397. The largest absolute Gasteiger partial charge is 0.489 e. The lowest BCUT2D eigenvalue weighted by Gasteiger charge is -2.08. The zero-order valence-corrected chi connectivity index (χ0v) is 17.7. The maximum atomic E-state index is 12.1. The quantitative estimate of drug-likeness (QED) is 0.324. The number of amides is 2. The highest BCUT2D eigenvalue weighted by Gasteiger charge is 2.14. The molecule has 0 saturated heterocycles. The third-order valence-corrected chi connectivity index (χ3v) is 4.66. The van der Waals surface area contributed by atoms with Crippen LogP contribution in [0.3, 0.4) is 0 Å². The summed E-state index contributed by atoms with van der Waals surface area (Å²) < 4.78 is 5.77. The first-order valence-electron chi connectivity index (χ1n) is 9.74. The van der Waals surface area contributed by atoms with Gasteiger partial charge >= 0.3 is 11.8 Å². The van der Waals surface area contributed by atoms with Gasteiger partial charge in [0.05, 0.1) is 6.21 Å². The number of carbonyl (C=O) groups excluding carboxylic acids is 2. The minimum atomic E-state index is -0.850. The highest BCUT2D eigenvalue weighted by molar-refractivity contribution is 6.39. The molecule has 0 radical (unpaired) electrons. The fourth-order valence-corrected chi connectivity index (χ4v) is 2.90. The number of hydrogen-bond donors (Lipinski definition) is 2. The van der Waals surface area contributed by atoms with Crippen LogP contribution in [0.2, 0.25) is 5.02 Å². The van der Waals surface area contributed by atoms with Crippen molar-refractivity contribution in [1.82, 2.24) is 5.43 Å². The molecule has 6 nitrogen and oxygen atoms in total. The van der Waals surface area contributed by atoms with Crippen molar-refractivity contribution in [2.45, 2.75) is 20.0 Å². The van der Waals surface area contributed by atoms with E-state index in [1.54, 1.807) is 18.2 Å². The molecule has 0 aliphatic rings. The Bertz CT molecular complexity index is 1080. The van der Waals surface area contributed by atoms with Crippen molar-refractivity contribution in [1.29, 1.82) is 0 Å². The average Bonchev–Trinajstić information content (AvgIpc) is 2.79. The lowest BCUT2D eigenvalue weighted by Crippen LogP contribution is -2.32. The van der Waals surface area contributed by atoms with Gasteiger partial charge in [0.15, 0.2) is 0 Å². The number of aryl methyl sites for hydroxylation is 1. The molecule has 2 N–H and O–H groups in total. The van der Waals surface area contributed by atoms with E-state index < -0.39 is 11.8 Å². The molecule has 158 valence electrons. The summed E-state index contributed by atoms with van der Waals surface area (Å²) in [6.45, 7) is 2.37. The number of anilines is 1. The van der Waals surface area contributed by atoms with E-state index >= 15 is 0 Å². The summed E-state index contributed by atoms with van der Waals surface area (Å²) in [6.07, 6.45) is 2.19. The normalized spacial score (nSPS) is 10.6. The Morgan fingerprint density at radius 1 is 1.00 bits per heavy atom. The molecule has 3 rings (SSSR count). The van der Waals surface area contributed by atoms with Gasteiger partial charge in [-0.3, -0.25) is 9.59 Å². The monoisotopic (exact) mass is 435 g/mol. The second kappa shape index (κ2) is 10.9. The van der Waals surface area contributed by atoms with Crippen LogP contribution in [0.1, 0.15) is 23.6 Å². The summed E-state index contributed by atoms with van der Waals surface area (Å²) in [4.78, 5) is 24.1. The highest BCUT2D eigenvalue weighted by Crippen LogP contribution is 2.16. The van der Waals surface area contributed by atoms with Crippen molar-refractivity contribution < 1.29 is 14.3 Å². The molecule has 0 saturated carbocycles. The van der Waals surface area contributed by atoms with E-state index in [4.69, 9.17) is 16.3 Å². The summed E-state index contributed by atoms with van der Waals surface area (Å²) in [5.41, 5.74) is 5.50. The number of ether oxygens (including phenoxy) is 1. The molecule has 0 heterocycles. The molecule has 7 heteroatoms. The molecule has 31 heavy (non-hydrogen) atoms. The molecule has 3 aromatic rings. The predicted molar refractivity (Wildman–Crippen MR) is 122 cm³/mol. The Labute approximate surface area is 185 Å². The molecular weight excluding hydrogens is 414 g/mol. The fraction of sp³-hybridized carbons (Fsp3) is 0.125. The van der Waals surface area contributed by atoms with Gasteiger partial charge in [0.2, 0.25) is 0 Å². The molecule has 0 aromatic heterocycles. The lowest BCUT2D eigenvalue weighted by molar-refractivity contribution is -0.136. The number of rotatable bonds is 7. The van der Waals surface area contributed by atoms with Gasteiger partial charge in [-0.1, -0.05) is 61.0 Å². The van der Waals surface area contributed by atoms with Crippen molar-refractivity contribution in [3.63, 3.8) is 0 Å². The van der Waals surface area contributed by atoms with E-state index in [-0.39, 0.29) is 0 Å². The van der Waals surface area contributed by atoms with Crippen LogP contribution in [0.25, 0.3) is 0 Å². The Balaban J connectivity index is 1.53. The van der Waals surface area contributed by atoms with Gasteiger partial charge in [-0.05, 0) is 53.4 Å². The molecule has 0 unspecified atom stereocenters. The number of nitrogens with one attached hydrogen (secondary N) is 2. The lowest BCUT2D eigenvalue weighted by atomic mass is 10.1. The predicted octanol–water partition coefficient (Wildman–Crippen LogP) is 4.57. The van der Waals surface area contributed by atoms with E-state index in [9.17, 15) is 9.59 Å². The van der Waals surface area contributed by atoms with Gasteiger partial charge in [0.25, 0.3) is 0 Å². The number of para-hydroxylation sites is 1. The van der Waals surface area contributed by atoms with Gasteiger partial charge in [-0.25, -0.2) is 5.43 Å². The molecule has 0 aliphatic heterocycles. The summed E-state index contributed by atoms with van der Waals surface area (Å²) in [5, 5.41) is 7.14. The Hall–Kier alpha value is -3.64. The number of benzene rings is 3. The molecule has 0 spiro atoms. The number of hydrogen-bond acceptors (Lipinski definition) is 4. The Morgan fingerprint density at radius 2 is 1.77 bits per heavy atom. The Morgan fingerprint density at radius 3 is 2.55 bits per heavy atom. The van der Waals surface area contributed by atoms with Crippen molar-refractivity contribution in [2.24, 2.45) is 5.10 Å². The number of carbonyl (C=O) groups is 2. The van der Waals surface area contributed by atoms with Crippen molar-refractivity contribution in [3.05, 3.63) is 94.5 Å². The van der Waals surface area contributed by atoms with E-state index in [0.29, 0.717) is 28.6 Å². The number of halogens is 1. The van der Waals surface area contributed by atoms with Crippen LogP contribution in [-0.4, -0.2) is 18.0 Å². The van der Waals surface area contributed by atoms with Gasteiger partial charge < -0.3 is 10.1 Å². The fourth-order valence-electron chi connectivity index (χ4n) is 2.78. The van der Waals surface area contributed by atoms with Crippen LogP contribution in [0.4, 0.5) is 5.69 Å². The van der Waals surface area contributed by atoms with Crippen molar-refractivity contribution in [3.8, 4) is 5.75 Å². The molecule has 0 aliphatic carbocycles. The summed E-state index contributed by atoms with van der Waals surface area (Å²) in [6, 6.07) is 22.0. The molecule has 2 amide bonds. The van der Waals surface area contributed by atoms with Crippen LogP contribution in [0, 0.1) is 0 Å². The van der Waals surface area contributed by atoms with Gasteiger partial charge in [0.1, 0.15) is 12.4 Å². The Kier molecular flexibility index (Phi) is 7.79. The first-order chi connectivity index (χ1) is 15.0. The van der Waals surface area contributed by atoms with E-state index in [1.165, 1.54) is 6.21 Å². The van der Waals surface area contributed by atoms with Crippen LogP contribution in [0.5, 0.6) is 5.75 Å². The average molecular weight is 436 g/mol. The topological polar surface area (TPSA) is 79.8 Å². The zero-order valence-electron chi connectivity index (χ0n) is 17.0. The van der Waals surface area contributed by atoms with Gasteiger partial charge in [0, 0.05) is 10.7 Å². The summed E-state index contributed by atoms with van der Waals surface area (Å²) in [7, 11) is 0. The first-order valence-corrected chi connectivity index (χ1v) is 10.1. The smallest absolute Gasteiger partial charge is 0.329 e. The molecular formula is C24H22ClN3O3. The maximum absolute atomic E-state index is 12.1. The first kappa shape index (κ1) is 22.1. The summed E-state index contributed by atoms with van der Waals surface area (Å²) >= 11 is 5.88. The van der Waals surface area contributed by atoms with Gasteiger partial charge in [-0.2, -0.15) is 5.10 Å². The SMILES string of the molecule is CCc1ccccc1NC(=O)C(=O)N/N=C\c1cccc(OCc2ccc(Cl)cc2)c1. The molecule has 0 atom stereocenters. The van der Waals surface area contributed by atoms with E-state index in [1.807, 2.05) is 61.5 Å². The molecule has 0 fully saturated rings. The molecule has 0 bridgehead atoms. The standard InChI is InChI=1S/C24H22ClN3O3/c1-2-19-7-3-4-9-22(19)27-23(29)24(30)28-26-15-18-6-5-8-21(14-18)31-16-17-10-12-20(25)13-11-17/h3-15H,2,16H2,1H3,(H,27,29)(H,28,30)/b26-15-. The van der Waals surface area contributed by atoms with Crippen LogP contribution in [0.15, 0.2) is 77.9 Å². The van der Waals surface area contributed by atoms with Crippen molar-refractivity contribution >= 4 is 35.3 Å². The maximum Gasteiger partial charge on any atom is 0.329 e. The minimum Gasteiger partial charge on any atom is -0.489 e. The zero-order chi connectivity index (χ0) is 22.1. The third-order valence-electron chi connectivity index (χ3n) is 4.41. The third kappa shape index (κ3) is 6.69. The number of nitrogens with zero attached hydrogens (tertiary/aromatic N) is 1. The van der Waals surface area contributed by atoms with Crippen LogP contribution in [-0.2, 0) is 22.6 Å². The summed E-state index contributed by atoms with van der Waals surface area (Å²) in [5.74, 6) is -0.977. The van der Waals surface area contributed by atoms with Crippen LogP contribution >= 0.6 is 11.6 Å².